The van der Waals surface area contributed by atoms with Crippen LogP contribution in [-0.2, 0) is 22.5 Å². The highest BCUT2D eigenvalue weighted by Crippen LogP contribution is 2.62. The molecule has 0 radical (unpaired) electrons. The Labute approximate surface area is 176 Å². The molecule has 0 saturated heterocycles. The van der Waals surface area contributed by atoms with E-state index in [9.17, 15) is 4.79 Å². The maximum absolute atomic E-state index is 12.7. The first-order valence-electron chi connectivity index (χ1n) is 11.3. The predicted octanol–water partition coefficient (Wildman–Crippen LogP) is 5.66. The van der Waals surface area contributed by atoms with Crippen molar-refractivity contribution in [3.63, 3.8) is 0 Å². The van der Waals surface area contributed by atoms with Crippen LogP contribution in [0.15, 0.2) is 28.9 Å². The van der Waals surface area contributed by atoms with Crippen LogP contribution in [-0.4, -0.2) is 19.1 Å². The number of fused-ring (bicyclic) bond motifs is 1. The van der Waals surface area contributed by atoms with E-state index in [1.165, 1.54) is 24.7 Å². The zero-order valence-electron chi connectivity index (χ0n) is 19.0. The highest BCUT2D eigenvalue weighted by Gasteiger charge is 2.57. The number of hydrogen-bond acceptors (Lipinski definition) is 4. The van der Waals surface area contributed by atoms with Crippen LogP contribution in [0, 0.1) is 22.7 Å². The van der Waals surface area contributed by atoms with Gasteiger partial charge in [-0.15, -0.1) is 0 Å². The summed E-state index contributed by atoms with van der Waals surface area (Å²) in [6.45, 7) is 14.1. The molecular formula is C25H39NO3. The normalized spacial score (nSPS) is 32.3. The lowest BCUT2D eigenvalue weighted by molar-refractivity contribution is -0.168. The Morgan fingerprint density at radius 3 is 2.83 bits per heavy atom. The number of allylic oxidation sites excluding steroid dienone is 1. The Hall–Kier alpha value is -1.55. The summed E-state index contributed by atoms with van der Waals surface area (Å²) < 4.78 is 11.0. The molecule has 0 unspecified atom stereocenters. The van der Waals surface area contributed by atoms with Crippen LogP contribution < -0.4 is 5.32 Å². The van der Waals surface area contributed by atoms with Gasteiger partial charge in [0.15, 0.2) is 0 Å². The van der Waals surface area contributed by atoms with Gasteiger partial charge in [0, 0.05) is 6.04 Å². The topological polar surface area (TPSA) is 51.5 Å². The van der Waals surface area contributed by atoms with Gasteiger partial charge in [-0.25, -0.2) is 0 Å². The number of esters is 1. The van der Waals surface area contributed by atoms with Gasteiger partial charge in [-0.05, 0) is 74.3 Å². The Balaban J connectivity index is 1.78. The van der Waals surface area contributed by atoms with Crippen LogP contribution in [0.5, 0.6) is 0 Å². The Bertz CT molecular complexity index is 736. The van der Waals surface area contributed by atoms with Crippen molar-refractivity contribution in [3.05, 3.63) is 35.8 Å². The van der Waals surface area contributed by atoms with Crippen molar-refractivity contribution < 1.29 is 13.9 Å². The molecule has 3 rings (SSSR count). The fraction of sp³-hybridized carbons (Fsp3) is 0.720. The van der Waals surface area contributed by atoms with Crippen LogP contribution in [0.3, 0.4) is 0 Å². The zero-order valence-corrected chi connectivity index (χ0v) is 19.0. The fourth-order valence-electron chi connectivity index (χ4n) is 6.30. The Kier molecular flexibility index (Phi) is 6.62. The molecule has 4 nitrogen and oxygen atoms in total. The number of rotatable bonds is 7. The fourth-order valence-corrected chi connectivity index (χ4v) is 6.30. The van der Waals surface area contributed by atoms with Crippen molar-refractivity contribution in [3.8, 4) is 0 Å². The van der Waals surface area contributed by atoms with E-state index in [0.717, 1.165) is 50.8 Å². The summed E-state index contributed by atoms with van der Waals surface area (Å²) in [5.41, 5.74) is 2.39. The van der Waals surface area contributed by atoms with Gasteiger partial charge in [0.1, 0.15) is 5.76 Å². The standard InChI is InChI=1S/C25H39NO3/c1-17(2)26-16-21-19(12-15-29-21)9-10-20-18(3)8-11-22-24(20,4)13-7-14-25(22,5)23(27)28-6/h12,15,17,20,22,26H,3,7-11,13-14,16H2,1-2,4-6H3/t20-,22+,24-,25-/m1/s1. The van der Waals surface area contributed by atoms with E-state index < -0.39 is 0 Å². The Morgan fingerprint density at radius 1 is 1.38 bits per heavy atom. The van der Waals surface area contributed by atoms with Crippen LogP contribution in [0.4, 0.5) is 0 Å². The van der Waals surface area contributed by atoms with E-state index in [4.69, 9.17) is 9.15 Å². The third-order valence-corrected chi connectivity index (χ3v) is 7.88. The first-order valence-corrected chi connectivity index (χ1v) is 11.3. The maximum Gasteiger partial charge on any atom is 0.311 e. The molecule has 4 heteroatoms. The van der Waals surface area contributed by atoms with Gasteiger partial charge in [-0.1, -0.05) is 39.3 Å². The van der Waals surface area contributed by atoms with Crippen LogP contribution >= 0.6 is 0 Å². The second kappa shape index (κ2) is 8.67. The molecule has 1 heterocycles. The minimum absolute atomic E-state index is 0.0310. The molecule has 162 valence electrons. The highest BCUT2D eigenvalue weighted by molar-refractivity contribution is 5.77. The maximum atomic E-state index is 12.7. The molecule has 1 aromatic heterocycles. The number of carbonyl (C=O) groups excluding carboxylic acids is 1. The summed E-state index contributed by atoms with van der Waals surface area (Å²) in [5, 5.41) is 3.45. The van der Waals surface area contributed by atoms with Gasteiger partial charge in [0.05, 0.1) is 25.3 Å². The third kappa shape index (κ3) is 4.19. The molecule has 1 N–H and O–H groups in total. The van der Waals surface area contributed by atoms with E-state index in [-0.39, 0.29) is 16.8 Å². The van der Waals surface area contributed by atoms with Gasteiger partial charge >= 0.3 is 5.97 Å². The molecule has 2 saturated carbocycles. The molecule has 0 aromatic carbocycles. The van der Waals surface area contributed by atoms with E-state index >= 15 is 0 Å². The number of methoxy groups -OCH3 is 1. The zero-order chi connectivity index (χ0) is 21.2. The van der Waals surface area contributed by atoms with Gasteiger partial charge in [0.25, 0.3) is 0 Å². The molecule has 0 spiro atoms. The van der Waals surface area contributed by atoms with E-state index in [1.54, 1.807) is 0 Å². The molecule has 0 aliphatic heterocycles. The lowest BCUT2D eigenvalue weighted by atomic mass is 9.46. The van der Waals surface area contributed by atoms with Gasteiger partial charge in [-0.2, -0.15) is 0 Å². The average molecular weight is 402 g/mol. The molecule has 2 aliphatic rings. The number of ether oxygens (including phenoxy) is 1. The minimum atomic E-state index is -0.372. The number of carbonyl (C=O) groups is 1. The number of aryl methyl sites for hydroxylation is 1. The minimum Gasteiger partial charge on any atom is -0.469 e. The van der Waals surface area contributed by atoms with Crippen molar-refractivity contribution >= 4 is 5.97 Å². The summed E-state index contributed by atoms with van der Waals surface area (Å²) in [7, 11) is 1.53. The van der Waals surface area contributed by atoms with Crippen LogP contribution in [0.25, 0.3) is 0 Å². The molecule has 4 atom stereocenters. The molecule has 2 aliphatic carbocycles. The number of nitrogens with one attached hydrogen (secondary N) is 1. The van der Waals surface area contributed by atoms with Gasteiger partial charge in [0.2, 0.25) is 0 Å². The summed E-state index contributed by atoms with van der Waals surface area (Å²) in [5.74, 6) is 1.81. The second-order valence-corrected chi connectivity index (χ2v) is 10.0. The van der Waals surface area contributed by atoms with Crippen molar-refractivity contribution in [2.75, 3.05) is 7.11 Å². The largest absolute Gasteiger partial charge is 0.469 e. The monoisotopic (exact) mass is 401 g/mol. The third-order valence-electron chi connectivity index (χ3n) is 7.88. The highest BCUT2D eigenvalue weighted by atomic mass is 16.5. The predicted molar refractivity (Wildman–Crippen MR) is 116 cm³/mol. The van der Waals surface area contributed by atoms with E-state index in [0.29, 0.717) is 17.9 Å². The SMILES string of the molecule is C=C1CC[C@H]2[C@](C)(CCC[C@@]2(C)C(=O)OC)[C@@H]1CCc1ccoc1CNC(C)C. The van der Waals surface area contributed by atoms with Crippen molar-refractivity contribution in [1.29, 1.82) is 0 Å². The lowest BCUT2D eigenvalue weighted by Crippen LogP contribution is -2.53. The molecule has 1 aromatic rings. The van der Waals surface area contributed by atoms with Crippen LogP contribution in [0.2, 0.25) is 0 Å². The molecule has 0 amide bonds. The summed E-state index contributed by atoms with van der Waals surface area (Å²) in [6.07, 6.45) is 9.12. The van der Waals surface area contributed by atoms with Crippen molar-refractivity contribution in [1.82, 2.24) is 5.32 Å². The van der Waals surface area contributed by atoms with Gasteiger partial charge < -0.3 is 14.5 Å². The smallest absolute Gasteiger partial charge is 0.311 e. The lowest BCUT2D eigenvalue weighted by Gasteiger charge is -2.57. The molecule has 29 heavy (non-hydrogen) atoms. The molecule has 2 fully saturated rings. The van der Waals surface area contributed by atoms with E-state index in [2.05, 4.69) is 45.7 Å². The number of hydrogen-bond donors (Lipinski definition) is 1. The number of furan rings is 1. The summed E-state index contributed by atoms with van der Waals surface area (Å²) in [6, 6.07) is 2.55. The second-order valence-electron chi connectivity index (χ2n) is 10.0. The molecule has 0 bridgehead atoms. The van der Waals surface area contributed by atoms with Crippen LogP contribution in [0.1, 0.15) is 77.5 Å². The average Bonchev–Trinajstić information content (AvgIpc) is 3.12. The Morgan fingerprint density at radius 2 is 2.14 bits per heavy atom. The quantitative estimate of drug-likeness (QED) is 0.473. The van der Waals surface area contributed by atoms with Crippen molar-refractivity contribution in [2.24, 2.45) is 22.7 Å². The van der Waals surface area contributed by atoms with Crippen molar-refractivity contribution in [2.45, 2.75) is 85.2 Å². The van der Waals surface area contributed by atoms with E-state index in [1.807, 2.05) is 6.26 Å². The molecular weight excluding hydrogens is 362 g/mol. The summed E-state index contributed by atoms with van der Waals surface area (Å²) in [4.78, 5) is 12.7. The summed E-state index contributed by atoms with van der Waals surface area (Å²) >= 11 is 0. The first-order chi connectivity index (χ1) is 13.7. The van der Waals surface area contributed by atoms with Gasteiger partial charge in [-0.3, -0.25) is 4.79 Å². The first kappa shape index (κ1) is 22.1.